The molecular weight excluding hydrogens is 252 g/mol. The zero-order valence-corrected chi connectivity index (χ0v) is 9.45. The van der Waals surface area contributed by atoms with Crippen LogP contribution in [0.3, 0.4) is 0 Å². The van der Waals surface area contributed by atoms with E-state index in [0.717, 1.165) is 0 Å². The summed E-state index contributed by atoms with van der Waals surface area (Å²) in [6.45, 7) is 1.80. The molecule has 0 aromatic carbocycles. The molecule has 0 aromatic rings. The summed E-state index contributed by atoms with van der Waals surface area (Å²) in [7, 11) is 1.27. The van der Waals surface area contributed by atoms with Crippen LogP contribution in [-0.2, 0) is 4.74 Å². The molecule has 0 aliphatic carbocycles. The predicted octanol–water partition coefficient (Wildman–Crippen LogP) is 1.89. The topological polar surface area (TPSA) is 78.4 Å². The van der Waals surface area contributed by atoms with E-state index in [1.165, 1.54) is 13.2 Å². The predicted molar refractivity (Wildman–Crippen MR) is 57.0 cm³/mol. The van der Waals surface area contributed by atoms with E-state index in [9.17, 15) is 10.1 Å². The van der Waals surface area contributed by atoms with Gasteiger partial charge in [-0.05, 0) is 6.92 Å². The second-order valence-corrected chi connectivity index (χ2v) is 3.16. The first kappa shape index (κ1) is 12.7. The fraction of sp³-hybridized carbons (Fsp3) is 0.250. The van der Waals surface area contributed by atoms with E-state index in [1.807, 2.05) is 0 Å². The van der Waals surface area contributed by atoms with Crippen molar-refractivity contribution in [1.82, 2.24) is 0 Å². The van der Waals surface area contributed by atoms with Crippen LogP contribution in [0.5, 0.6) is 0 Å². The Labute approximate surface area is 90.2 Å². The summed E-state index contributed by atoms with van der Waals surface area (Å²) in [5.74, 6) is -0.226. The van der Waals surface area contributed by atoms with E-state index in [4.69, 9.17) is 5.73 Å². The van der Waals surface area contributed by atoms with E-state index in [-0.39, 0.29) is 11.6 Å². The largest absolute Gasteiger partial charge is 0.478 e. The number of nitro groups is 1. The van der Waals surface area contributed by atoms with Crippen molar-refractivity contribution >= 4 is 15.9 Å². The minimum absolute atomic E-state index is 0.226. The first-order valence-electron chi connectivity index (χ1n) is 3.71. The molecule has 0 radical (unpaired) electrons. The Bertz CT molecular complexity index is 308. The lowest BCUT2D eigenvalue weighted by Gasteiger charge is -1.98. The molecule has 0 aliphatic heterocycles. The van der Waals surface area contributed by atoms with Gasteiger partial charge >= 0.3 is 5.70 Å². The summed E-state index contributed by atoms with van der Waals surface area (Å²) in [5, 5.41) is 10.5. The summed E-state index contributed by atoms with van der Waals surface area (Å²) in [6, 6.07) is 0. The summed E-state index contributed by atoms with van der Waals surface area (Å²) in [4.78, 5) is 9.93. The highest BCUT2D eigenvalue weighted by Crippen LogP contribution is 2.13. The number of methoxy groups -OCH3 is 1. The van der Waals surface area contributed by atoms with Crippen LogP contribution in [0.1, 0.15) is 6.92 Å². The number of hydrogen-bond donors (Lipinski definition) is 1. The van der Waals surface area contributed by atoms with Crippen molar-refractivity contribution < 1.29 is 9.66 Å². The molecule has 0 aromatic heterocycles. The van der Waals surface area contributed by atoms with Gasteiger partial charge in [0.2, 0.25) is 0 Å². The van der Waals surface area contributed by atoms with Crippen LogP contribution in [0.25, 0.3) is 0 Å². The van der Waals surface area contributed by atoms with Gasteiger partial charge in [0.05, 0.1) is 12.0 Å². The Kier molecular flexibility index (Phi) is 5.62. The van der Waals surface area contributed by atoms with Crippen LogP contribution >= 0.6 is 15.9 Å². The number of rotatable bonds is 4. The maximum atomic E-state index is 10.5. The van der Waals surface area contributed by atoms with Crippen molar-refractivity contribution in [2.45, 2.75) is 6.92 Å². The fourth-order valence-corrected chi connectivity index (χ4v) is 1.14. The smallest absolute Gasteiger partial charge is 0.329 e. The quantitative estimate of drug-likeness (QED) is 0.363. The van der Waals surface area contributed by atoms with Crippen LogP contribution < -0.4 is 5.73 Å². The highest BCUT2D eigenvalue weighted by atomic mass is 79.9. The minimum atomic E-state index is -0.608. The van der Waals surface area contributed by atoms with E-state index in [2.05, 4.69) is 20.7 Å². The van der Waals surface area contributed by atoms with E-state index < -0.39 is 4.92 Å². The number of ether oxygens (including phenoxy) is 1. The van der Waals surface area contributed by atoms with Gasteiger partial charge in [0, 0.05) is 10.6 Å². The van der Waals surface area contributed by atoms with Gasteiger partial charge in [-0.3, -0.25) is 10.1 Å². The molecule has 2 N–H and O–H groups in total. The molecule has 0 fully saturated rings. The number of nitrogens with two attached hydrogens (primary N) is 1. The molecule has 0 atom stereocenters. The van der Waals surface area contributed by atoms with Crippen LogP contribution in [-0.4, -0.2) is 12.0 Å². The molecule has 5 nitrogen and oxygen atoms in total. The molecule has 0 heterocycles. The first-order valence-corrected chi connectivity index (χ1v) is 4.50. The second-order valence-electron chi connectivity index (χ2n) is 2.24. The van der Waals surface area contributed by atoms with Gasteiger partial charge in [-0.1, -0.05) is 28.1 Å². The molecule has 0 saturated carbocycles. The molecule has 78 valence electrons. The summed E-state index contributed by atoms with van der Waals surface area (Å²) in [5.41, 5.74) is 5.01. The zero-order valence-electron chi connectivity index (χ0n) is 7.86. The third-order valence-electron chi connectivity index (χ3n) is 1.27. The Balaban J connectivity index is 5.07. The third-order valence-corrected chi connectivity index (χ3v) is 1.76. The fourth-order valence-electron chi connectivity index (χ4n) is 0.656. The number of nitrogens with zero attached hydrogens (tertiary/aromatic N) is 1. The molecule has 0 unspecified atom stereocenters. The van der Waals surface area contributed by atoms with Crippen molar-refractivity contribution in [1.29, 1.82) is 0 Å². The van der Waals surface area contributed by atoms with Crippen molar-refractivity contribution in [3.05, 3.63) is 44.4 Å². The highest BCUT2D eigenvalue weighted by molar-refractivity contribution is 9.11. The van der Waals surface area contributed by atoms with Gasteiger partial charge in [0.15, 0.2) is 0 Å². The van der Waals surface area contributed by atoms with Gasteiger partial charge < -0.3 is 10.5 Å². The molecule has 0 bridgehead atoms. The minimum Gasteiger partial charge on any atom is -0.478 e. The van der Waals surface area contributed by atoms with Gasteiger partial charge in [0.25, 0.3) is 5.88 Å². The third kappa shape index (κ3) is 4.08. The van der Waals surface area contributed by atoms with Crippen molar-refractivity contribution in [2.24, 2.45) is 5.73 Å². The maximum absolute atomic E-state index is 10.5. The lowest BCUT2D eigenvalue weighted by Crippen LogP contribution is -2.09. The summed E-state index contributed by atoms with van der Waals surface area (Å²) < 4.78 is 5.13. The van der Waals surface area contributed by atoms with Gasteiger partial charge in [-0.2, -0.15) is 0 Å². The van der Waals surface area contributed by atoms with Gasteiger partial charge in [0.1, 0.15) is 0 Å². The summed E-state index contributed by atoms with van der Waals surface area (Å²) >= 11 is 3.13. The second kappa shape index (κ2) is 6.20. The van der Waals surface area contributed by atoms with Gasteiger partial charge in [-0.15, -0.1) is 0 Å². The number of allylic oxidation sites excluding steroid dienone is 4. The monoisotopic (exact) mass is 262 g/mol. The first-order chi connectivity index (χ1) is 6.52. The zero-order chi connectivity index (χ0) is 11.1. The normalized spacial score (nSPS) is 14.1. The molecule has 14 heavy (non-hydrogen) atoms. The number of halogens is 1. The highest BCUT2D eigenvalue weighted by Gasteiger charge is 2.14. The molecule has 0 saturated heterocycles. The lowest BCUT2D eigenvalue weighted by molar-refractivity contribution is -0.422. The van der Waals surface area contributed by atoms with E-state index in [0.29, 0.717) is 4.48 Å². The van der Waals surface area contributed by atoms with Crippen LogP contribution in [0.15, 0.2) is 34.3 Å². The summed E-state index contributed by atoms with van der Waals surface area (Å²) in [6.07, 6.45) is 4.67. The average Bonchev–Trinajstić information content (AvgIpc) is 2.13. The molecule has 0 spiro atoms. The average molecular weight is 263 g/mol. The molecule has 0 rings (SSSR count). The Hall–Kier alpha value is -1.30. The SMILES string of the molecule is C/C=C/C(Br)=C\C(=C(/N)OC)[N+](=O)[O-]. The van der Waals surface area contributed by atoms with Crippen molar-refractivity contribution in [3.63, 3.8) is 0 Å². The van der Waals surface area contributed by atoms with Crippen molar-refractivity contribution in [3.8, 4) is 0 Å². The van der Waals surface area contributed by atoms with Crippen LogP contribution in [0.2, 0.25) is 0 Å². The Morgan fingerprint density at radius 2 is 2.21 bits per heavy atom. The van der Waals surface area contributed by atoms with Gasteiger partial charge in [-0.25, -0.2) is 0 Å². The van der Waals surface area contributed by atoms with E-state index in [1.54, 1.807) is 19.1 Å². The molecular formula is C8H11BrN2O3. The molecule has 0 aliphatic rings. The lowest BCUT2D eigenvalue weighted by atomic mass is 10.3. The van der Waals surface area contributed by atoms with Crippen LogP contribution in [0, 0.1) is 10.1 Å². The molecule has 6 heteroatoms. The van der Waals surface area contributed by atoms with Crippen molar-refractivity contribution in [2.75, 3.05) is 7.11 Å². The van der Waals surface area contributed by atoms with Crippen LogP contribution in [0.4, 0.5) is 0 Å². The standard InChI is InChI=1S/C8H11BrN2O3/c1-3-4-6(9)5-7(11(12)13)8(10)14-2/h3-5H,10H2,1-2H3/b4-3+,6-5+,8-7-. The maximum Gasteiger partial charge on any atom is 0.329 e. The Morgan fingerprint density at radius 1 is 1.64 bits per heavy atom. The number of hydrogen-bond acceptors (Lipinski definition) is 4. The van der Waals surface area contributed by atoms with E-state index >= 15 is 0 Å². The Morgan fingerprint density at radius 3 is 2.57 bits per heavy atom. The molecule has 0 amide bonds.